The number of halogens is 1. The summed E-state index contributed by atoms with van der Waals surface area (Å²) in [6.07, 6.45) is 4.55. The minimum Gasteiger partial charge on any atom is -0.384 e. The van der Waals surface area contributed by atoms with Gasteiger partial charge in [0, 0.05) is 17.0 Å². The predicted molar refractivity (Wildman–Crippen MR) is 65.1 cm³/mol. The lowest BCUT2D eigenvalue weighted by molar-refractivity contribution is 0.624. The molecule has 1 saturated carbocycles. The summed E-state index contributed by atoms with van der Waals surface area (Å²) in [5.74, 6) is -0.457. The fourth-order valence-electron chi connectivity index (χ4n) is 1.57. The number of benzene rings is 1. The van der Waals surface area contributed by atoms with Gasteiger partial charge in [-0.15, -0.1) is 0 Å². The zero-order chi connectivity index (χ0) is 11.6. The number of nitrogens with zero attached hydrogens (tertiary/aromatic N) is 1. The second-order valence-corrected chi connectivity index (χ2v) is 5.32. The van der Waals surface area contributed by atoms with E-state index in [-0.39, 0.29) is 5.56 Å². The van der Waals surface area contributed by atoms with Crippen molar-refractivity contribution in [2.75, 3.05) is 18.1 Å². The van der Waals surface area contributed by atoms with E-state index in [2.05, 4.69) is 11.6 Å². The van der Waals surface area contributed by atoms with Crippen LogP contribution in [0.25, 0.3) is 0 Å². The molecule has 1 aromatic rings. The summed E-state index contributed by atoms with van der Waals surface area (Å²) in [5, 5.41) is 11.8. The van der Waals surface area contributed by atoms with Gasteiger partial charge >= 0.3 is 0 Å². The van der Waals surface area contributed by atoms with Crippen molar-refractivity contribution in [2.24, 2.45) is 0 Å². The summed E-state index contributed by atoms with van der Waals surface area (Å²) >= 11 is 1.86. The van der Waals surface area contributed by atoms with E-state index in [0.717, 1.165) is 12.2 Å². The maximum atomic E-state index is 13.3. The Morgan fingerprint density at radius 3 is 2.81 bits per heavy atom. The lowest BCUT2D eigenvalue weighted by Crippen LogP contribution is -2.17. The molecule has 84 valence electrons. The van der Waals surface area contributed by atoms with Crippen LogP contribution < -0.4 is 5.32 Å². The average Bonchev–Trinajstić information content (AvgIpc) is 3.07. The van der Waals surface area contributed by atoms with E-state index < -0.39 is 5.82 Å². The first kappa shape index (κ1) is 11.3. The Balaban J connectivity index is 2.00. The van der Waals surface area contributed by atoms with Crippen molar-refractivity contribution in [3.8, 4) is 6.07 Å². The number of rotatable bonds is 4. The van der Waals surface area contributed by atoms with Crippen molar-refractivity contribution in [2.45, 2.75) is 17.6 Å². The molecule has 1 aliphatic carbocycles. The van der Waals surface area contributed by atoms with E-state index in [0.29, 0.717) is 4.75 Å². The summed E-state index contributed by atoms with van der Waals surface area (Å²) in [5.41, 5.74) is 0.841. The van der Waals surface area contributed by atoms with Gasteiger partial charge in [0.25, 0.3) is 0 Å². The van der Waals surface area contributed by atoms with Crippen LogP contribution in [-0.2, 0) is 0 Å². The molecule has 0 aliphatic heterocycles. The molecule has 1 aromatic carbocycles. The Hall–Kier alpha value is -1.21. The van der Waals surface area contributed by atoms with Gasteiger partial charge in [0.2, 0.25) is 0 Å². The Bertz CT molecular complexity index is 435. The van der Waals surface area contributed by atoms with Crippen molar-refractivity contribution < 1.29 is 4.39 Å². The molecule has 0 atom stereocenters. The molecule has 0 heterocycles. The molecule has 16 heavy (non-hydrogen) atoms. The minimum absolute atomic E-state index is 0.0940. The molecule has 1 fully saturated rings. The van der Waals surface area contributed by atoms with Crippen LogP contribution in [0.1, 0.15) is 18.4 Å². The normalized spacial score (nSPS) is 16.6. The van der Waals surface area contributed by atoms with Gasteiger partial charge in [-0.05, 0) is 37.3 Å². The van der Waals surface area contributed by atoms with Gasteiger partial charge in [-0.25, -0.2) is 4.39 Å². The number of hydrogen-bond donors (Lipinski definition) is 1. The number of thioether (sulfide) groups is 1. The van der Waals surface area contributed by atoms with Crippen LogP contribution in [0.2, 0.25) is 0 Å². The summed E-state index contributed by atoms with van der Waals surface area (Å²) in [6.45, 7) is 0.861. The SMILES string of the molecule is CSC1(CNc2ccc(C#N)c(F)c2)CC1. The van der Waals surface area contributed by atoms with Crippen LogP contribution >= 0.6 is 11.8 Å². The first-order valence-corrected chi connectivity index (χ1v) is 6.40. The smallest absolute Gasteiger partial charge is 0.143 e. The van der Waals surface area contributed by atoms with E-state index in [1.54, 1.807) is 6.07 Å². The van der Waals surface area contributed by atoms with Gasteiger partial charge in [-0.2, -0.15) is 17.0 Å². The standard InChI is InChI=1S/C12H13FN2S/c1-16-12(4-5-12)8-15-10-3-2-9(7-14)11(13)6-10/h2-3,6,15H,4-5,8H2,1H3. The highest BCUT2D eigenvalue weighted by Crippen LogP contribution is 2.47. The van der Waals surface area contributed by atoms with E-state index in [1.165, 1.54) is 25.0 Å². The minimum atomic E-state index is -0.457. The molecule has 1 N–H and O–H groups in total. The summed E-state index contributed by atoms with van der Waals surface area (Å²) in [4.78, 5) is 0. The van der Waals surface area contributed by atoms with Gasteiger partial charge in [-0.3, -0.25) is 0 Å². The fourth-order valence-corrected chi connectivity index (χ4v) is 2.30. The molecule has 0 radical (unpaired) electrons. The van der Waals surface area contributed by atoms with Crippen LogP contribution in [0.4, 0.5) is 10.1 Å². The van der Waals surface area contributed by atoms with Gasteiger partial charge in [0.1, 0.15) is 11.9 Å². The van der Waals surface area contributed by atoms with Crippen LogP contribution in [0, 0.1) is 17.1 Å². The first-order chi connectivity index (χ1) is 7.69. The molecule has 2 nitrogen and oxygen atoms in total. The molecule has 0 saturated heterocycles. The van der Waals surface area contributed by atoms with Crippen molar-refractivity contribution in [1.29, 1.82) is 5.26 Å². The molecule has 0 unspecified atom stereocenters. The third-order valence-electron chi connectivity index (χ3n) is 2.94. The summed E-state index contributed by atoms with van der Waals surface area (Å²) in [6, 6.07) is 6.45. The second kappa shape index (κ2) is 4.34. The zero-order valence-corrected chi connectivity index (χ0v) is 9.90. The first-order valence-electron chi connectivity index (χ1n) is 5.18. The Morgan fingerprint density at radius 2 is 2.31 bits per heavy atom. The van der Waals surface area contributed by atoms with Crippen LogP contribution in [0.3, 0.4) is 0 Å². The Kier molecular flexibility index (Phi) is 3.06. The van der Waals surface area contributed by atoms with Crippen LogP contribution in [0.15, 0.2) is 18.2 Å². The molecule has 0 bridgehead atoms. The molecule has 1 aliphatic rings. The zero-order valence-electron chi connectivity index (χ0n) is 9.09. The molecule has 0 spiro atoms. The predicted octanol–water partition coefficient (Wildman–Crippen LogP) is 3.00. The quantitative estimate of drug-likeness (QED) is 0.873. The molecular formula is C12H13FN2S. The third-order valence-corrected chi connectivity index (χ3v) is 4.36. The monoisotopic (exact) mass is 236 g/mol. The van der Waals surface area contributed by atoms with E-state index >= 15 is 0 Å². The van der Waals surface area contributed by atoms with Gasteiger partial charge in [0.15, 0.2) is 0 Å². The number of anilines is 1. The number of hydrogen-bond acceptors (Lipinski definition) is 3. The molecular weight excluding hydrogens is 223 g/mol. The van der Waals surface area contributed by atoms with Crippen molar-refractivity contribution >= 4 is 17.4 Å². The third kappa shape index (κ3) is 2.30. The van der Waals surface area contributed by atoms with Crippen LogP contribution in [-0.4, -0.2) is 17.5 Å². The van der Waals surface area contributed by atoms with E-state index in [9.17, 15) is 4.39 Å². The lowest BCUT2D eigenvalue weighted by atomic mass is 10.2. The maximum absolute atomic E-state index is 13.3. The molecule has 2 rings (SSSR count). The van der Waals surface area contributed by atoms with Crippen molar-refractivity contribution in [3.63, 3.8) is 0 Å². The second-order valence-electron chi connectivity index (χ2n) is 4.05. The average molecular weight is 236 g/mol. The van der Waals surface area contributed by atoms with Gasteiger partial charge in [-0.1, -0.05) is 0 Å². The highest BCUT2D eigenvalue weighted by Gasteiger charge is 2.41. The fraction of sp³-hybridized carbons (Fsp3) is 0.417. The largest absolute Gasteiger partial charge is 0.384 e. The Morgan fingerprint density at radius 1 is 1.56 bits per heavy atom. The summed E-state index contributed by atoms with van der Waals surface area (Å²) < 4.78 is 13.7. The highest BCUT2D eigenvalue weighted by molar-refractivity contribution is 8.00. The lowest BCUT2D eigenvalue weighted by Gasteiger charge is -2.14. The number of nitrogens with one attached hydrogen (secondary N) is 1. The van der Waals surface area contributed by atoms with Gasteiger partial charge < -0.3 is 5.32 Å². The maximum Gasteiger partial charge on any atom is 0.143 e. The summed E-state index contributed by atoms with van der Waals surface area (Å²) in [7, 11) is 0. The molecule has 0 aromatic heterocycles. The highest BCUT2D eigenvalue weighted by atomic mass is 32.2. The molecule has 0 amide bonds. The van der Waals surface area contributed by atoms with Crippen molar-refractivity contribution in [3.05, 3.63) is 29.6 Å². The molecule has 4 heteroatoms. The Labute approximate surface area is 98.8 Å². The van der Waals surface area contributed by atoms with E-state index in [1.807, 2.05) is 17.8 Å². The topological polar surface area (TPSA) is 35.8 Å². The van der Waals surface area contributed by atoms with Gasteiger partial charge in [0.05, 0.1) is 5.56 Å². The van der Waals surface area contributed by atoms with Crippen LogP contribution in [0.5, 0.6) is 0 Å². The van der Waals surface area contributed by atoms with E-state index in [4.69, 9.17) is 5.26 Å². The number of nitriles is 1. The van der Waals surface area contributed by atoms with Crippen molar-refractivity contribution in [1.82, 2.24) is 0 Å².